The van der Waals surface area contributed by atoms with Gasteiger partial charge in [0.05, 0.1) is 11.1 Å². The molecule has 0 aliphatic heterocycles. The zero-order valence-corrected chi connectivity index (χ0v) is 16.5. The second-order valence-corrected chi connectivity index (χ2v) is 5.25. The molecule has 9 heteroatoms. The van der Waals surface area contributed by atoms with Gasteiger partial charge in [0.2, 0.25) is 0 Å². The van der Waals surface area contributed by atoms with E-state index in [0.717, 1.165) is 0 Å². The van der Waals surface area contributed by atoms with Crippen LogP contribution >= 0.6 is 0 Å². The van der Waals surface area contributed by atoms with Crippen molar-refractivity contribution in [1.29, 1.82) is 0 Å². The molecule has 158 valence electrons. The maximum absolute atomic E-state index is 10.9. The van der Waals surface area contributed by atoms with Gasteiger partial charge in [0.15, 0.2) is 33.0 Å². The van der Waals surface area contributed by atoms with Gasteiger partial charge >= 0.3 is 0 Å². The van der Waals surface area contributed by atoms with Crippen LogP contribution < -0.4 is 14.2 Å². The first kappa shape index (κ1) is 23.9. The third-order valence-corrected chi connectivity index (χ3v) is 3.30. The zero-order valence-electron chi connectivity index (χ0n) is 16.5. The summed E-state index contributed by atoms with van der Waals surface area (Å²) in [5, 5.41) is 9.24. The molecule has 2 aromatic carbocycles. The molecule has 0 unspecified atom stereocenters. The van der Waals surface area contributed by atoms with Crippen molar-refractivity contribution in [3.63, 3.8) is 0 Å². The van der Waals surface area contributed by atoms with Gasteiger partial charge in [-0.1, -0.05) is 12.1 Å². The summed E-state index contributed by atoms with van der Waals surface area (Å²) in [4.78, 5) is 21.5. The Kier molecular flexibility index (Phi) is 11.5. The van der Waals surface area contributed by atoms with Crippen molar-refractivity contribution in [1.82, 2.24) is 0 Å². The Bertz CT molecular complexity index is 735. The quantitative estimate of drug-likeness (QED) is 0.443. The summed E-state index contributed by atoms with van der Waals surface area (Å²) in [6.45, 7) is 0.202. The minimum Gasteiger partial charge on any atom is -0.507 e. The number of phenolic OH excluding ortho intramolecular Hbond substituents is 1. The summed E-state index contributed by atoms with van der Waals surface area (Å²) in [5.74, 6) is 1.07. The Balaban J connectivity index is 0.000000296. The summed E-state index contributed by atoms with van der Waals surface area (Å²) >= 11 is 0. The van der Waals surface area contributed by atoms with Crippen molar-refractivity contribution in [2.24, 2.45) is 0 Å². The van der Waals surface area contributed by atoms with E-state index < -0.39 is 0 Å². The lowest BCUT2D eigenvalue weighted by atomic mass is 10.2. The van der Waals surface area contributed by atoms with Crippen LogP contribution in [0.3, 0.4) is 0 Å². The molecule has 2 aromatic rings. The summed E-state index contributed by atoms with van der Waals surface area (Å²) in [6.07, 6.45) is 1.22. The lowest BCUT2D eigenvalue weighted by Gasteiger charge is -2.11. The Morgan fingerprint density at radius 2 is 1.07 bits per heavy atom. The molecular weight excluding hydrogens is 384 g/mol. The lowest BCUT2D eigenvalue weighted by Crippen LogP contribution is -2.05. The Hall–Kier alpha value is -3.14. The molecule has 2 rings (SSSR count). The number of aldehydes is 2. The highest BCUT2D eigenvalue weighted by molar-refractivity contribution is 5.84. The number of benzene rings is 2. The highest BCUT2D eigenvalue weighted by atomic mass is 16.7. The third-order valence-electron chi connectivity index (χ3n) is 3.30. The molecule has 0 fully saturated rings. The van der Waals surface area contributed by atoms with Crippen LogP contribution in [0.5, 0.6) is 23.0 Å². The molecule has 0 spiro atoms. The van der Waals surface area contributed by atoms with E-state index in [-0.39, 0.29) is 31.7 Å². The highest BCUT2D eigenvalue weighted by Crippen LogP contribution is 2.27. The number of hydrogen-bond donors (Lipinski definition) is 1. The fourth-order valence-electron chi connectivity index (χ4n) is 2.04. The summed E-state index contributed by atoms with van der Waals surface area (Å²) in [7, 11) is 4.49. The largest absolute Gasteiger partial charge is 0.507 e. The molecule has 0 amide bonds. The van der Waals surface area contributed by atoms with Gasteiger partial charge in [-0.05, 0) is 24.3 Å². The summed E-state index contributed by atoms with van der Waals surface area (Å²) < 4.78 is 29.7. The molecule has 0 radical (unpaired) electrons. The average molecular weight is 408 g/mol. The van der Waals surface area contributed by atoms with E-state index in [1.165, 1.54) is 27.4 Å². The van der Waals surface area contributed by atoms with Crippen LogP contribution in [-0.2, 0) is 14.2 Å². The fourth-order valence-corrected chi connectivity index (χ4v) is 2.04. The summed E-state index contributed by atoms with van der Waals surface area (Å²) in [5.41, 5.74) is 0.483. The van der Waals surface area contributed by atoms with Crippen LogP contribution in [0, 0.1) is 0 Å². The van der Waals surface area contributed by atoms with Gasteiger partial charge in [-0.2, -0.15) is 0 Å². The Morgan fingerprint density at radius 3 is 1.45 bits per heavy atom. The smallest absolute Gasteiger partial charge is 0.188 e. The van der Waals surface area contributed by atoms with E-state index in [2.05, 4.69) is 4.74 Å². The first-order valence-corrected chi connectivity index (χ1v) is 8.33. The first-order chi connectivity index (χ1) is 14.1. The molecule has 0 aliphatic rings. The van der Waals surface area contributed by atoms with Gasteiger partial charge in [-0.3, -0.25) is 9.59 Å². The van der Waals surface area contributed by atoms with Crippen molar-refractivity contribution in [3.05, 3.63) is 47.5 Å². The van der Waals surface area contributed by atoms with Crippen LogP contribution in [0.15, 0.2) is 36.4 Å². The standard InChI is InChI=1S/C11H14O5.C9H10O4/c1-13-7-15-10-4-3-5-11(9(10)6-12)16-8-14-2;1-12-6-13-9-4-2-3-8(11)7(9)5-10/h3-6H,7-8H2,1-2H3;2-5,11H,6H2,1H3. The van der Waals surface area contributed by atoms with Crippen molar-refractivity contribution in [2.75, 3.05) is 41.7 Å². The molecule has 0 saturated heterocycles. The Labute approximate surface area is 168 Å². The van der Waals surface area contributed by atoms with Gasteiger partial charge in [0, 0.05) is 21.3 Å². The molecule has 0 heterocycles. The number of carbonyl (C=O) groups excluding carboxylic acids is 2. The number of aromatic hydroxyl groups is 1. The topological polar surface area (TPSA) is 110 Å². The maximum atomic E-state index is 10.9. The van der Waals surface area contributed by atoms with Gasteiger partial charge in [0.25, 0.3) is 0 Å². The second-order valence-electron chi connectivity index (χ2n) is 5.25. The predicted octanol–water partition coefficient (Wildman–Crippen LogP) is 2.65. The maximum Gasteiger partial charge on any atom is 0.188 e. The SMILES string of the molecule is COCOc1cccc(O)c1C=O.COCOc1cccc(OCOC)c1C=O. The first-order valence-electron chi connectivity index (χ1n) is 8.33. The molecule has 0 atom stereocenters. The highest BCUT2D eigenvalue weighted by Gasteiger charge is 2.10. The molecule has 1 N–H and O–H groups in total. The second kappa shape index (κ2) is 13.9. The number of ether oxygens (including phenoxy) is 6. The van der Waals surface area contributed by atoms with E-state index in [9.17, 15) is 14.7 Å². The van der Waals surface area contributed by atoms with E-state index in [0.29, 0.717) is 35.4 Å². The molecule has 29 heavy (non-hydrogen) atoms. The molecule has 0 bridgehead atoms. The van der Waals surface area contributed by atoms with Crippen LogP contribution in [0.1, 0.15) is 20.7 Å². The number of rotatable bonds is 11. The van der Waals surface area contributed by atoms with E-state index >= 15 is 0 Å². The van der Waals surface area contributed by atoms with Gasteiger partial charge in [-0.15, -0.1) is 0 Å². The van der Waals surface area contributed by atoms with Gasteiger partial charge in [-0.25, -0.2) is 0 Å². The van der Waals surface area contributed by atoms with Crippen molar-refractivity contribution < 1.29 is 43.1 Å². The van der Waals surface area contributed by atoms with Gasteiger partial charge < -0.3 is 33.5 Å². The zero-order chi connectivity index (χ0) is 21.5. The van der Waals surface area contributed by atoms with Crippen LogP contribution in [-0.4, -0.2) is 59.4 Å². The summed E-state index contributed by atoms with van der Waals surface area (Å²) in [6, 6.07) is 9.66. The molecular formula is C20H24O9. The minimum absolute atomic E-state index is 0.0459. The van der Waals surface area contributed by atoms with Gasteiger partial charge in [0.1, 0.15) is 23.0 Å². The predicted molar refractivity (Wildman–Crippen MR) is 103 cm³/mol. The monoisotopic (exact) mass is 408 g/mol. The van der Waals surface area contributed by atoms with E-state index in [1.807, 2.05) is 0 Å². The number of phenols is 1. The Morgan fingerprint density at radius 1 is 0.690 bits per heavy atom. The van der Waals surface area contributed by atoms with Crippen LogP contribution in [0.25, 0.3) is 0 Å². The number of hydrogen-bond acceptors (Lipinski definition) is 9. The molecule has 0 saturated carbocycles. The number of methoxy groups -OCH3 is 3. The van der Waals surface area contributed by atoms with Crippen LogP contribution in [0.2, 0.25) is 0 Å². The van der Waals surface area contributed by atoms with E-state index in [4.69, 9.17) is 23.7 Å². The molecule has 0 aliphatic carbocycles. The van der Waals surface area contributed by atoms with Crippen molar-refractivity contribution >= 4 is 12.6 Å². The minimum atomic E-state index is -0.0939. The van der Waals surface area contributed by atoms with Crippen molar-refractivity contribution in [2.45, 2.75) is 0 Å². The lowest BCUT2D eigenvalue weighted by molar-refractivity contribution is 0.0449. The molecule has 0 aromatic heterocycles. The average Bonchev–Trinajstić information content (AvgIpc) is 2.75. The van der Waals surface area contributed by atoms with E-state index in [1.54, 1.807) is 30.3 Å². The fraction of sp³-hybridized carbons (Fsp3) is 0.300. The third kappa shape index (κ3) is 7.78. The normalized spacial score (nSPS) is 9.76. The van der Waals surface area contributed by atoms with Crippen molar-refractivity contribution in [3.8, 4) is 23.0 Å². The van der Waals surface area contributed by atoms with Crippen LogP contribution in [0.4, 0.5) is 0 Å². The molecule has 9 nitrogen and oxygen atoms in total. The number of carbonyl (C=O) groups is 2.